The number of nitro groups is 1. The van der Waals surface area contributed by atoms with Crippen LogP contribution in [0.15, 0.2) is 99.6 Å². The first kappa shape index (κ1) is 25.2. The fourth-order valence-corrected chi connectivity index (χ4v) is 4.13. The molecular formula is C28H23N5O6. The predicted octanol–water partition coefficient (Wildman–Crippen LogP) is 3.97. The molecule has 2 aromatic carbocycles. The SMILES string of the molecule is COc1ccc(Cn2c(=O)c([N+](=O)[O-])c(/C=C/c3cnn(-c4ccccc4)c3)n(Cc3ccoc3)c2=O)cc1. The van der Waals surface area contributed by atoms with Gasteiger partial charge in [-0.3, -0.25) is 19.5 Å². The van der Waals surface area contributed by atoms with E-state index in [9.17, 15) is 19.7 Å². The summed E-state index contributed by atoms with van der Waals surface area (Å²) in [5, 5.41) is 16.5. The van der Waals surface area contributed by atoms with Gasteiger partial charge in [0.15, 0.2) is 0 Å². The Kier molecular flexibility index (Phi) is 7.04. The van der Waals surface area contributed by atoms with Gasteiger partial charge in [0.2, 0.25) is 0 Å². The minimum absolute atomic E-state index is 0.0397. The van der Waals surface area contributed by atoms with Gasteiger partial charge in [-0.25, -0.2) is 14.0 Å². The number of aromatic nitrogens is 4. The monoisotopic (exact) mass is 525 g/mol. The molecule has 0 saturated carbocycles. The summed E-state index contributed by atoms with van der Waals surface area (Å²) in [5.74, 6) is 0.602. The molecule has 0 saturated heterocycles. The Morgan fingerprint density at radius 2 is 1.72 bits per heavy atom. The zero-order valence-electron chi connectivity index (χ0n) is 20.8. The highest BCUT2D eigenvalue weighted by molar-refractivity contribution is 5.71. The van der Waals surface area contributed by atoms with Crippen molar-refractivity contribution in [1.29, 1.82) is 0 Å². The number of hydrogen-bond donors (Lipinski definition) is 0. The minimum atomic E-state index is -0.996. The van der Waals surface area contributed by atoms with E-state index in [4.69, 9.17) is 9.15 Å². The van der Waals surface area contributed by atoms with E-state index in [0.717, 1.165) is 10.3 Å². The highest BCUT2D eigenvalue weighted by Gasteiger charge is 2.27. The Bertz CT molecular complexity index is 1750. The molecule has 11 heteroatoms. The molecule has 196 valence electrons. The van der Waals surface area contributed by atoms with Crippen LogP contribution in [-0.2, 0) is 13.1 Å². The van der Waals surface area contributed by atoms with Gasteiger partial charge in [-0.15, -0.1) is 0 Å². The van der Waals surface area contributed by atoms with Gasteiger partial charge in [0.25, 0.3) is 0 Å². The number of ether oxygens (including phenoxy) is 1. The molecule has 0 amide bonds. The van der Waals surface area contributed by atoms with E-state index in [1.807, 2.05) is 30.3 Å². The van der Waals surface area contributed by atoms with Crippen LogP contribution < -0.4 is 16.0 Å². The molecule has 0 radical (unpaired) electrons. The van der Waals surface area contributed by atoms with Crippen molar-refractivity contribution >= 4 is 17.8 Å². The topological polar surface area (TPSA) is 127 Å². The van der Waals surface area contributed by atoms with Crippen LogP contribution in [0, 0.1) is 10.1 Å². The Balaban J connectivity index is 1.61. The average Bonchev–Trinajstić information content (AvgIpc) is 3.65. The lowest BCUT2D eigenvalue weighted by atomic mass is 10.2. The molecule has 0 N–H and O–H groups in total. The second-order valence-corrected chi connectivity index (χ2v) is 8.62. The number of para-hydroxylation sites is 1. The third kappa shape index (κ3) is 5.32. The maximum absolute atomic E-state index is 13.6. The van der Waals surface area contributed by atoms with Crippen LogP contribution in [0.2, 0.25) is 0 Å². The van der Waals surface area contributed by atoms with E-state index >= 15 is 0 Å². The van der Waals surface area contributed by atoms with E-state index in [-0.39, 0.29) is 18.8 Å². The van der Waals surface area contributed by atoms with Crippen LogP contribution in [0.4, 0.5) is 5.69 Å². The summed E-state index contributed by atoms with van der Waals surface area (Å²) in [5.41, 5.74) is 0.140. The molecule has 0 spiro atoms. The summed E-state index contributed by atoms with van der Waals surface area (Å²) in [7, 11) is 1.52. The molecule has 3 aromatic heterocycles. The Morgan fingerprint density at radius 1 is 0.974 bits per heavy atom. The highest BCUT2D eigenvalue weighted by Crippen LogP contribution is 2.19. The summed E-state index contributed by atoms with van der Waals surface area (Å²) in [6, 6.07) is 17.8. The molecule has 0 atom stereocenters. The molecule has 5 aromatic rings. The third-order valence-corrected chi connectivity index (χ3v) is 6.10. The lowest BCUT2D eigenvalue weighted by Crippen LogP contribution is -2.42. The first-order chi connectivity index (χ1) is 18.9. The van der Waals surface area contributed by atoms with Crippen molar-refractivity contribution in [1.82, 2.24) is 18.9 Å². The van der Waals surface area contributed by atoms with Gasteiger partial charge in [0.1, 0.15) is 11.4 Å². The molecule has 0 aliphatic rings. The van der Waals surface area contributed by atoms with E-state index in [0.29, 0.717) is 22.4 Å². The minimum Gasteiger partial charge on any atom is -0.497 e. The summed E-state index contributed by atoms with van der Waals surface area (Å²) in [6.45, 7) is -0.191. The van der Waals surface area contributed by atoms with E-state index in [1.54, 1.807) is 53.5 Å². The second-order valence-electron chi connectivity index (χ2n) is 8.62. The van der Waals surface area contributed by atoms with E-state index in [1.165, 1.54) is 30.3 Å². The number of rotatable bonds is 9. The van der Waals surface area contributed by atoms with Gasteiger partial charge in [0.05, 0.1) is 49.5 Å². The second kappa shape index (κ2) is 10.9. The summed E-state index contributed by atoms with van der Waals surface area (Å²) in [4.78, 5) is 38.4. The van der Waals surface area contributed by atoms with Crippen LogP contribution in [0.3, 0.4) is 0 Å². The Hall–Kier alpha value is -5.45. The van der Waals surface area contributed by atoms with Crippen molar-refractivity contribution < 1.29 is 14.1 Å². The smallest absolute Gasteiger partial charge is 0.357 e. The van der Waals surface area contributed by atoms with Crippen molar-refractivity contribution in [3.05, 3.63) is 139 Å². The fraction of sp³-hybridized carbons (Fsp3) is 0.107. The summed E-state index contributed by atoms with van der Waals surface area (Å²) < 4.78 is 14.0. The normalized spacial score (nSPS) is 11.2. The van der Waals surface area contributed by atoms with Crippen LogP contribution in [0.25, 0.3) is 17.8 Å². The van der Waals surface area contributed by atoms with Crippen molar-refractivity contribution in [2.24, 2.45) is 0 Å². The largest absolute Gasteiger partial charge is 0.497 e. The van der Waals surface area contributed by atoms with Crippen molar-refractivity contribution in [3.63, 3.8) is 0 Å². The molecule has 0 bridgehead atoms. The highest BCUT2D eigenvalue weighted by atomic mass is 16.6. The molecule has 5 rings (SSSR count). The molecular weight excluding hydrogens is 502 g/mol. The van der Waals surface area contributed by atoms with Crippen LogP contribution in [0.1, 0.15) is 22.4 Å². The molecule has 0 aliphatic heterocycles. The number of nitrogens with zero attached hydrogens (tertiary/aromatic N) is 5. The third-order valence-electron chi connectivity index (χ3n) is 6.10. The van der Waals surface area contributed by atoms with Crippen LogP contribution in [-0.4, -0.2) is 30.9 Å². The quantitative estimate of drug-likeness (QED) is 0.210. The summed E-state index contributed by atoms with van der Waals surface area (Å²) in [6.07, 6.45) is 9.17. The van der Waals surface area contributed by atoms with Gasteiger partial charge >= 0.3 is 16.9 Å². The molecule has 0 aliphatic carbocycles. The molecule has 3 heterocycles. The van der Waals surface area contributed by atoms with E-state index in [2.05, 4.69) is 5.10 Å². The molecule has 11 nitrogen and oxygen atoms in total. The van der Waals surface area contributed by atoms with Crippen molar-refractivity contribution in [3.8, 4) is 11.4 Å². The van der Waals surface area contributed by atoms with Gasteiger partial charge < -0.3 is 9.15 Å². The molecule has 0 unspecified atom stereocenters. The van der Waals surface area contributed by atoms with Crippen molar-refractivity contribution in [2.75, 3.05) is 7.11 Å². The zero-order valence-corrected chi connectivity index (χ0v) is 20.8. The predicted molar refractivity (Wildman–Crippen MR) is 144 cm³/mol. The van der Waals surface area contributed by atoms with Gasteiger partial charge in [-0.2, -0.15) is 5.10 Å². The number of benzene rings is 2. The maximum Gasteiger partial charge on any atom is 0.357 e. The molecule has 39 heavy (non-hydrogen) atoms. The van der Waals surface area contributed by atoms with Gasteiger partial charge in [-0.05, 0) is 48.0 Å². The van der Waals surface area contributed by atoms with Gasteiger partial charge in [-0.1, -0.05) is 30.3 Å². The van der Waals surface area contributed by atoms with Crippen LogP contribution >= 0.6 is 0 Å². The fourth-order valence-electron chi connectivity index (χ4n) is 4.13. The zero-order chi connectivity index (χ0) is 27.4. The van der Waals surface area contributed by atoms with Gasteiger partial charge in [0, 0.05) is 17.3 Å². The number of furan rings is 1. The van der Waals surface area contributed by atoms with Crippen molar-refractivity contribution in [2.45, 2.75) is 13.1 Å². The number of methoxy groups -OCH3 is 1. The number of hydrogen-bond acceptors (Lipinski definition) is 7. The lowest BCUT2D eigenvalue weighted by molar-refractivity contribution is -0.387. The lowest BCUT2D eigenvalue weighted by Gasteiger charge is -2.14. The van der Waals surface area contributed by atoms with Crippen LogP contribution in [0.5, 0.6) is 5.75 Å². The van der Waals surface area contributed by atoms with E-state index < -0.39 is 21.9 Å². The summed E-state index contributed by atoms with van der Waals surface area (Å²) >= 11 is 0. The standard InChI is InChI=1S/C28H23N5O6/c1-38-24-10-7-20(8-11-24)16-31-27(34)26(33(36)37)25(30(28(31)35)17-22-13-14-39-19-22)12-9-21-15-29-32(18-21)23-5-3-2-4-6-23/h2-15,18-19H,16-17H2,1H3/b12-9+. The molecule has 0 fully saturated rings. The average molecular weight is 526 g/mol. The maximum atomic E-state index is 13.6. The first-order valence-electron chi connectivity index (χ1n) is 11.9. The first-order valence-corrected chi connectivity index (χ1v) is 11.9. The Labute approximate surface area is 221 Å². The Morgan fingerprint density at radius 3 is 2.38 bits per heavy atom.